The molecule has 6 nitrogen and oxygen atoms in total. The standard InChI is InChI=1S/C18H15FN2O4/c1-21-15-5-10(4-11-2-3-13(19)6-12(11)8-22)7-20-16(15)17(24)14(9-23)18(21)25/h2-3,5-7,9,22,24H,4,8H2,1H3. The highest BCUT2D eigenvalue weighted by molar-refractivity contribution is 5.91. The van der Waals surface area contributed by atoms with Crippen LogP contribution in [0.2, 0.25) is 0 Å². The SMILES string of the molecule is Cn1c(=O)c(C=O)c(O)c2ncc(Cc3ccc(F)cc3CO)cc21. The number of nitrogens with zero attached hydrogens (tertiary/aromatic N) is 2. The fourth-order valence-corrected chi connectivity index (χ4v) is 2.79. The monoisotopic (exact) mass is 342 g/mol. The minimum absolute atomic E-state index is 0.148. The Bertz CT molecular complexity index is 1040. The van der Waals surface area contributed by atoms with Crippen LogP contribution in [-0.2, 0) is 20.1 Å². The zero-order valence-corrected chi connectivity index (χ0v) is 13.4. The molecular formula is C18H15FN2O4. The molecule has 7 heteroatoms. The van der Waals surface area contributed by atoms with E-state index in [4.69, 9.17) is 0 Å². The van der Waals surface area contributed by atoms with Gasteiger partial charge >= 0.3 is 0 Å². The van der Waals surface area contributed by atoms with E-state index in [2.05, 4.69) is 4.98 Å². The van der Waals surface area contributed by atoms with Crippen LogP contribution >= 0.6 is 0 Å². The minimum atomic E-state index is -0.614. The Morgan fingerprint density at radius 2 is 2.04 bits per heavy atom. The average molecular weight is 342 g/mol. The number of rotatable bonds is 4. The molecule has 0 aliphatic carbocycles. The summed E-state index contributed by atoms with van der Waals surface area (Å²) in [6.45, 7) is -0.296. The Labute approximate surface area is 141 Å². The van der Waals surface area contributed by atoms with Gasteiger partial charge in [0, 0.05) is 13.2 Å². The van der Waals surface area contributed by atoms with Crippen molar-refractivity contribution in [3.05, 3.63) is 68.9 Å². The first kappa shape index (κ1) is 16.8. The lowest BCUT2D eigenvalue weighted by atomic mass is 10.0. The number of pyridine rings is 2. The number of aromatic hydroxyl groups is 1. The summed E-state index contributed by atoms with van der Waals surface area (Å²) in [5.41, 5.74) is 1.47. The predicted octanol–water partition coefficient (Wildman–Crippen LogP) is 1.67. The second-order valence-corrected chi connectivity index (χ2v) is 5.70. The number of benzene rings is 1. The molecule has 3 aromatic rings. The number of aromatic nitrogens is 2. The number of aryl methyl sites for hydroxylation is 1. The van der Waals surface area contributed by atoms with Gasteiger partial charge in [0.25, 0.3) is 5.56 Å². The van der Waals surface area contributed by atoms with E-state index in [0.717, 1.165) is 5.56 Å². The van der Waals surface area contributed by atoms with E-state index in [0.29, 0.717) is 29.4 Å². The summed E-state index contributed by atoms with van der Waals surface area (Å²) in [4.78, 5) is 27.3. The summed E-state index contributed by atoms with van der Waals surface area (Å²) in [5, 5.41) is 19.4. The van der Waals surface area contributed by atoms with Gasteiger partial charge in [0.15, 0.2) is 12.0 Å². The van der Waals surface area contributed by atoms with Crippen LogP contribution in [0.3, 0.4) is 0 Å². The van der Waals surface area contributed by atoms with E-state index in [1.807, 2.05) is 0 Å². The third kappa shape index (κ3) is 2.89. The lowest BCUT2D eigenvalue weighted by molar-refractivity contribution is 0.111. The van der Waals surface area contributed by atoms with Crippen molar-refractivity contribution in [3.63, 3.8) is 0 Å². The molecule has 2 aromatic heterocycles. The first-order chi connectivity index (χ1) is 12.0. The summed E-state index contributed by atoms with van der Waals surface area (Å²) in [7, 11) is 1.49. The second kappa shape index (κ2) is 6.45. The molecule has 0 fully saturated rings. The van der Waals surface area contributed by atoms with Gasteiger partial charge in [-0.25, -0.2) is 4.39 Å². The molecule has 3 rings (SSSR count). The molecule has 0 radical (unpaired) electrons. The van der Waals surface area contributed by atoms with Gasteiger partial charge in [-0.05, 0) is 41.3 Å². The first-order valence-electron chi connectivity index (χ1n) is 7.50. The molecule has 0 unspecified atom stereocenters. The highest BCUT2D eigenvalue weighted by Crippen LogP contribution is 2.25. The van der Waals surface area contributed by atoms with Crippen molar-refractivity contribution in [2.75, 3.05) is 0 Å². The molecule has 2 heterocycles. The Morgan fingerprint density at radius 3 is 2.72 bits per heavy atom. The summed E-state index contributed by atoms with van der Waals surface area (Å²) in [6, 6.07) is 5.82. The third-order valence-corrected chi connectivity index (χ3v) is 4.15. The topological polar surface area (TPSA) is 92.4 Å². The Kier molecular flexibility index (Phi) is 4.33. The number of hydrogen-bond acceptors (Lipinski definition) is 5. The molecule has 0 atom stereocenters. The van der Waals surface area contributed by atoms with Crippen LogP contribution in [0.25, 0.3) is 11.0 Å². The fourth-order valence-electron chi connectivity index (χ4n) is 2.79. The number of carbonyl (C=O) groups is 1. The highest BCUT2D eigenvalue weighted by atomic mass is 19.1. The van der Waals surface area contributed by atoms with Gasteiger partial charge in [-0.15, -0.1) is 0 Å². The van der Waals surface area contributed by atoms with E-state index in [1.54, 1.807) is 12.1 Å². The lowest BCUT2D eigenvalue weighted by Crippen LogP contribution is -2.21. The van der Waals surface area contributed by atoms with Gasteiger partial charge in [-0.3, -0.25) is 14.6 Å². The van der Waals surface area contributed by atoms with Crippen molar-refractivity contribution < 1.29 is 19.4 Å². The molecule has 25 heavy (non-hydrogen) atoms. The highest BCUT2D eigenvalue weighted by Gasteiger charge is 2.16. The Morgan fingerprint density at radius 1 is 1.28 bits per heavy atom. The van der Waals surface area contributed by atoms with Crippen LogP contribution in [0.4, 0.5) is 4.39 Å². The molecule has 0 bridgehead atoms. The summed E-state index contributed by atoms with van der Waals surface area (Å²) >= 11 is 0. The molecule has 0 amide bonds. The number of hydrogen-bond donors (Lipinski definition) is 2. The van der Waals surface area contributed by atoms with Crippen molar-refractivity contribution in [2.24, 2.45) is 7.05 Å². The molecule has 0 saturated heterocycles. The predicted molar refractivity (Wildman–Crippen MR) is 89.2 cm³/mol. The van der Waals surface area contributed by atoms with E-state index in [-0.39, 0.29) is 17.7 Å². The van der Waals surface area contributed by atoms with Crippen LogP contribution in [0.5, 0.6) is 5.75 Å². The zero-order chi connectivity index (χ0) is 18.1. The maximum Gasteiger partial charge on any atom is 0.265 e. The maximum absolute atomic E-state index is 13.3. The van der Waals surface area contributed by atoms with Gasteiger partial charge in [-0.1, -0.05) is 6.07 Å². The quantitative estimate of drug-likeness (QED) is 0.704. The second-order valence-electron chi connectivity index (χ2n) is 5.70. The molecule has 1 aromatic carbocycles. The van der Waals surface area contributed by atoms with Crippen molar-refractivity contribution in [1.82, 2.24) is 9.55 Å². The van der Waals surface area contributed by atoms with Crippen LogP contribution in [0.1, 0.15) is 27.0 Å². The van der Waals surface area contributed by atoms with E-state index in [9.17, 15) is 24.2 Å². The van der Waals surface area contributed by atoms with E-state index in [1.165, 1.54) is 29.9 Å². The van der Waals surface area contributed by atoms with Gasteiger partial charge in [0.2, 0.25) is 0 Å². The molecule has 2 N–H and O–H groups in total. The number of carbonyl (C=O) groups excluding carboxylic acids is 1. The Balaban J connectivity index is 2.13. The first-order valence-corrected chi connectivity index (χ1v) is 7.50. The molecule has 0 aliphatic heterocycles. The number of halogens is 1. The number of aliphatic hydroxyl groups is 1. The van der Waals surface area contributed by atoms with Crippen LogP contribution in [0.15, 0.2) is 35.3 Å². The van der Waals surface area contributed by atoms with Gasteiger partial charge in [0.05, 0.1) is 12.1 Å². The Hall–Kier alpha value is -3.06. The summed E-state index contributed by atoms with van der Waals surface area (Å²) in [5.74, 6) is -0.879. The van der Waals surface area contributed by atoms with Crippen LogP contribution < -0.4 is 5.56 Å². The smallest absolute Gasteiger partial charge is 0.265 e. The van der Waals surface area contributed by atoms with Crippen molar-refractivity contribution >= 4 is 17.3 Å². The average Bonchev–Trinajstić information content (AvgIpc) is 2.61. The maximum atomic E-state index is 13.3. The van der Waals surface area contributed by atoms with Gasteiger partial charge in [0.1, 0.15) is 16.9 Å². The third-order valence-electron chi connectivity index (χ3n) is 4.15. The van der Waals surface area contributed by atoms with Crippen molar-refractivity contribution in [2.45, 2.75) is 13.0 Å². The summed E-state index contributed by atoms with van der Waals surface area (Å²) in [6.07, 6.45) is 2.17. The largest absolute Gasteiger partial charge is 0.505 e. The van der Waals surface area contributed by atoms with E-state index >= 15 is 0 Å². The molecule has 0 aliphatic rings. The van der Waals surface area contributed by atoms with Crippen LogP contribution in [0, 0.1) is 5.82 Å². The normalized spacial score (nSPS) is 11.0. The minimum Gasteiger partial charge on any atom is -0.505 e. The molecule has 0 saturated carbocycles. The fraction of sp³-hybridized carbons (Fsp3) is 0.167. The molecule has 128 valence electrons. The lowest BCUT2D eigenvalue weighted by Gasteiger charge is -2.11. The van der Waals surface area contributed by atoms with Crippen LogP contribution in [-0.4, -0.2) is 26.1 Å². The van der Waals surface area contributed by atoms with E-state index < -0.39 is 17.1 Å². The van der Waals surface area contributed by atoms with Crippen molar-refractivity contribution in [1.29, 1.82) is 0 Å². The van der Waals surface area contributed by atoms with Gasteiger partial charge in [-0.2, -0.15) is 0 Å². The van der Waals surface area contributed by atoms with Gasteiger partial charge < -0.3 is 14.8 Å². The number of aldehydes is 1. The molecular weight excluding hydrogens is 327 g/mol. The summed E-state index contributed by atoms with van der Waals surface area (Å²) < 4.78 is 14.5. The number of fused-ring (bicyclic) bond motifs is 1. The number of aliphatic hydroxyl groups excluding tert-OH is 1. The molecule has 0 spiro atoms. The van der Waals surface area contributed by atoms with Crippen molar-refractivity contribution in [3.8, 4) is 5.75 Å². The zero-order valence-electron chi connectivity index (χ0n) is 13.4.